The molecule has 6 heteroatoms. The lowest BCUT2D eigenvalue weighted by molar-refractivity contribution is -0.141. The molecule has 0 saturated carbocycles. The number of carbonyl (C=O) groups excluding carboxylic acids is 1. The van der Waals surface area contributed by atoms with Gasteiger partial charge in [-0.3, -0.25) is 4.79 Å². The van der Waals surface area contributed by atoms with Gasteiger partial charge in [-0.15, -0.1) is 0 Å². The first kappa shape index (κ1) is 21.2. The van der Waals surface area contributed by atoms with E-state index in [1.807, 2.05) is 32.9 Å². The molecule has 156 valence electrons. The van der Waals surface area contributed by atoms with Gasteiger partial charge in [0.15, 0.2) is 9.84 Å². The van der Waals surface area contributed by atoms with Crippen LogP contribution in [-0.2, 0) is 14.6 Å². The molecule has 0 bridgehead atoms. The van der Waals surface area contributed by atoms with Crippen molar-refractivity contribution in [2.24, 2.45) is 17.3 Å². The number of nitrogens with zero attached hydrogens (tertiary/aromatic N) is 2. The zero-order valence-corrected chi connectivity index (χ0v) is 18.5. The molecule has 2 aliphatic heterocycles. The third kappa shape index (κ3) is 4.88. The molecule has 2 heterocycles. The maximum absolute atomic E-state index is 12.5. The number of amides is 1. The van der Waals surface area contributed by atoms with Crippen molar-refractivity contribution in [1.82, 2.24) is 4.90 Å². The molecule has 0 unspecified atom stereocenters. The lowest BCUT2D eigenvalue weighted by Crippen LogP contribution is -2.46. The fraction of sp³-hybridized carbons (Fsp3) is 0.682. The normalized spacial score (nSPS) is 20.4. The van der Waals surface area contributed by atoms with Gasteiger partial charge in [-0.05, 0) is 61.8 Å². The average molecular weight is 407 g/mol. The van der Waals surface area contributed by atoms with Gasteiger partial charge in [-0.25, -0.2) is 8.42 Å². The van der Waals surface area contributed by atoms with Crippen molar-refractivity contribution in [3.8, 4) is 0 Å². The Kier molecular flexibility index (Phi) is 6.08. The quantitative estimate of drug-likeness (QED) is 0.770. The molecule has 2 saturated heterocycles. The largest absolute Gasteiger partial charge is 0.372 e. The Hall–Kier alpha value is -1.56. The van der Waals surface area contributed by atoms with E-state index in [1.165, 1.54) is 19.1 Å². The molecule has 2 aliphatic rings. The second-order valence-corrected chi connectivity index (χ2v) is 11.5. The van der Waals surface area contributed by atoms with Crippen LogP contribution >= 0.6 is 0 Å². The molecule has 0 spiro atoms. The molecule has 1 aromatic carbocycles. The van der Waals surface area contributed by atoms with Crippen molar-refractivity contribution in [2.45, 2.75) is 51.3 Å². The van der Waals surface area contributed by atoms with Crippen LogP contribution in [0.2, 0.25) is 0 Å². The Morgan fingerprint density at radius 3 is 1.79 bits per heavy atom. The van der Waals surface area contributed by atoms with Crippen LogP contribution < -0.4 is 4.90 Å². The van der Waals surface area contributed by atoms with E-state index in [0.29, 0.717) is 4.90 Å². The standard InChI is InChI=1S/C22H34N2O3S/c1-22(2,3)21(25)24-15-11-18(12-16-24)17-9-13-23(14-10-17)19-5-7-20(8-6-19)28(4,26)27/h5-8,17-18H,9-16H2,1-4H3. The van der Waals surface area contributed by atoms with Crippen molar-refractivity contribution in [3.63, 3.8) is 0 Å². The fourth-order valence-electron chi connectivity index (χ4n) is 4.58. The molecule has 0 radical (unpaired) electrons. The number of hydrogen-bond donors (Lipinski definition) is 0. The fourth-order valence-corrected chi connectivity index (χ4v) is 5.21. The van der Waals surface area contributed by atoms with Crippen molar-refractivity contribution < 1.29 is 13.2 Å². The molecule has 0 N–H and O–H groups in total. The van der Waals surface area contributed by atoms with Gasteiger partial charge < -0.3 is 9.80 Å². The highest BCUT2D eigenvalue weighted by molar-refractivity contribution is 7.90. The highest BCUT2D eigenvalue weighted by Gasteiger charge is 2.34. The summed E-state index contributed by atoms with van der Waals surface area (Å²) in [5.41, 5.74) is 0.821. The van der Waals surface area contributed by atoms with E-state index in [2.05, 4.69) is 9.80 Å². The number of benzene rings is 1. The molecule has 28 heavy (non-hydrogen) atoms. The number of carbonyl (C=O) groups is 1. The average Bonchev–Trinajstić information content (AvgIpc) is 2.66. The number of sulfone groups is 1. The van der Waals surface area contributed by atoms with Gasteiger partial charge in [0, 0.05) is 43.5 Å². The molecule has 1 aromatic rings. The molecular weight excluding hydrogens is 372 g/mol. The summed E-state index contributed by atoms with van der Waals surface area (Å²) in [6.07, 6.45) is 5.83. The van der Waals surface area contributed by atoms with Crippen LogP contribution in [0.1, 0.15) is 46.5 Å². The zero-order valence-electron chi connectivity index (χ0n) is 17.6. The van der Waals surface area contributed by atoms with Gasteiger partial charge in [0.25, 0.3) is 0 Å². The SMILES string of the molecule is CC(C)(C)C(=O)N1CCC(C2CCN(c3ccc(S(C)(=O)=O)cc3)CC2)CC1. The Bertz CT molecular complexity index is 780. The van der Waals surface area contributed by atoms with Gasteiger partial charge in [0.1, 0.15) is 0 Å². The minimum atomic E-state index is -3.14. The van der Waals surface area contributed by atoms with Crippen LogP contribution in [0, 0.1) is 17.3 Å². The predicted molar refractivity (Wildman–Crippen MR) is 113 cm³/mol. The first-order valence-corrected chi connectivity index (χ1v) is 12.3. The van der Waals surface area contributed by atoms with Crippen molar-refractivity contribution in [3.05, 3.63) is 24.3 Å². The summed E-state index contributed by atoms with van der Waals surface area (Å²) in [6.45, 7) is 9.83. The van der Waals surface area contributed by atoms with Crippen molar-refractivity contribution in [2.75, 3.05) is 37.3 Å². The Labute approximate surface area is 170 Å². The second kappa shape index (κ2) is 8.05. The highest BCUT2D eigenvalue weighted by Crippen LogP contribution is 2.35. The van der Waals surface area contributed by atoms with Gasteiger partial charge >= 0.3 is 0 Å². The van der Waals surface area contributed by atoms with Crippen LogP contribution in [-0.4, -0.2) is 51.7 Å². The summed E-state index contributed by atoms with van der Waals surface area (Å²) in [6, 6.07) is 7.26. The van der Waals surface area contributed by atoms with E-state index >= 15 is 0 Å². The summed E-state index contributed by atoms with van der Waals surface area (Å²) < 4.78 is 23.2. The molecule has 0 aliphatic carbocycles. The van der Waals surface area contributed by atoms with Crippen LogP contribution in [0.5, 0.6) is 0 Å². The molecule has 2 fully saturated rings. The Balaban J connectivity index is 1.50. The molecular formula is C22H34N2O3S. The minimum Gasteiger partial charge on any atom is -0.372 e. The molecule has 1 amide bonds. The zero-order chi connectivity index (χ0) is 20.5. The lowest BCUT2D eigenvalue weighted by Gasteiger charge is -2.42. The van der Waals surface area contributed by atoms with Gasteiger partial charge in [0.2, 0.25) is 5.91 Å². The number of likely N-dealkylation sites (tertiary alicyclic amines) is 1. The number of rotatable bonds is 3. The third-order valence-electron chi connectivity index (χ3n) is 6.30. The summed E-state index contributed by atoms with van der Waals surface area (Å²) in [5, 5.41) is 0. The first-order valence-electron chi connectivity index (χ1n) is 10.4. The number of piperidine rings is 2. The van der Waals surface area contributed by atoms with E-state index in [4.69, 9.17) is 0 Å². The summed E-state index contributed by atoms with van der Waals surface area (Å²) in [4.78, 5) is 17.3. The van der Waals surface area contributed by atoms with E-state index in [1.54, 1.807) is 12.1 Å². The van der Waals surface area contributed by atoms with Crippen molar-refractivity contribution in [1.29, 1.82) is 0 Å². The van der Waals surface area contributed by atoms with Crippen LogP contribution in [0.3, 0.4) is 0 Å². The minimum absolute atomic E-state index is 0.276. The van der Waals surface area contributed by atoms with E-state index < -0.39 is 9.84 Å². The molecule has 5 nitrogen and oxygen atoms in total. The maximum Gasteiger partial charge on any atom is 0.227 e. The molecule has 3 rings (SSSR count). The van der Waals surface area contributed by atoms with E-state index in [-0.39, 0.29) is 11.3 Å². The lowest BCUT2D eigenvalue weighted by atomic mass is 9.78. The summed E-state index contributed by atoms with van der Waals surface area (Å²) in [7, 11) is -3.14. The first-order chi connectivity index (χ1) is 13.1. The summed E-state index contributed by atoms with van der Waals surface area (Å²) >= 11 is 0. The monoisotopic (exact) mass is 406 g/mol. The van der Waals surface area contributed by atoms with Crippen LogP contribution in [0.4, 0.5) is 5.69 Å². The van der Waals surface area contributed by atoms with Gasteiger partial charge in [0.05, 0.1) is 4.90 Å². The predicted octanol–water partition coefficient (Wildman–Crippen LogP) is 3.59. The second-order valence-electron chi connectivity index (χ2n) is 9.47. The molecule has 0 aromatic heterocycles. The Morgan fingerprint density at radius 2 is 1.36 bits per heavy atom. The topological polar surface area (TPSA) is 57.7 Å². The van der Waals surface area contributed by atoms with Gasteiger partial charge in [-0.1, -0.05) is 20.8 Å². The summed E-state index contributed by atoms with van der Waals surface area (Å²) in [5.74, 6) is 1.73. The number of anilines is 1. The van der Waals surface area contributed by atoms with E-state index in [0.717, 1.165) is 56.5 Å². The third-order valence-corrected chi connectivity index (χ3v) is 7.43. The maximum atomic E-state index is 12.5. The van der Waals surface area contributed by atoms with Gasteiger partial charge in [-0.2, -0.15) is 0 Å². The van der Waals surface area contributed by atoms with Crippen molar-refractivity contribution >= 4 is 21.4 Å². The van der Waals surface area contributed by atoms with Crippen LogP contribution in [0.15, 0.2) is 29.2 Å². The highest BCUT2D eigenvalue weighted by atomic mass is 32.2. The Morgan fingerprint density at radius 1 is 0.893 bits per heavy atom. The van der Waals surface area contributed by atoms with E-state index in [9.17, 15) is 13.2 Å². The molecule has 0 atom stereocenters. The number of hydrogen-bond acceptors (Lipinski definition) is 4. The smallest absolute Gasteiger partial charge is 0.227 e. The van der Waals surface area contributed by atoms with Crippen LogP contribution in [0.25, 0.3) is 0 Å².